The Labute approximate surface area is 204 Å². The van der Waals surface area contributed by atoms with Crippen molar-refractivity contribution in [2.24, 2.45) is 0 Å². The lowest BCUT2D eigenvalue weighted by atomic mass is 10.2. The summed E-state index contributed by atoms with van der Waals surface area (Å²) in [6, 6.07) is 26.1. The van der Waals surface area contributed by atoms with Gasteiger partial charge < -0.3 is 5.32 Å². The predicted octanol–water partition coefficient (Wildman–Crippen LogP) is 3.20. The summed E-state index contributed by atoms with van der Waals surface area (Å²) in [4.78, 5) is 42.8. The molecular weight excluding hydrogens is 464 g/mol. The van der Waals surface area contributed by atoms with E-state index < -0.39 is 17.1 Å². The van der Waals surface area contributed by atoms with Gasteiger partial charge >= 0.3 is 5.91 Å². The maximum absolute atomic E-state index is 12.7. The average molecular weight is 485 g/mol. The van der Waals surface area contributed by atoms with Gasteiger partial charge in [-0.3, -0.25) is 25.2 Å². The van der Waals surface area contributed by atoms with E-state index in [1.54, 1.807) is 4.68 Å². The molecule has 174 valence electrons. The zero-order valence-corrected chi connectivity index (χ0v) is 19.2. The largest absolute Gasteiger partial charge is 0.324 e. The molecular formula is C25H20N6O3S. The van der Waals surface area contributed by atoms with E-state index in [4.69, 9.17) is 0 Å². The van der Waals surface area contributed by atoms with Crippen molar-refractivity contribution >= 4 is 35.2 Å². The van der Waals surface area contributed by atoms with Gasteiger partial charge in [-0.2, -0.15) is 0 Å². The smallest absolute Gasteiger partial charge is 0.309 e. The highest BCUT2D eigenvalue weighted by atomic mass is 32.2. The molecule has 10 heteroatoms. The molecule has 9 nitrogen and oxygen atoms in total. The van der Waals surface area contributed by atoms with Gasteiger partial charge in [0.25, 0.3) is 0 Å². The number of fused-ring (bicyclic) bond motifs is 1. The minimum atomic E-state index is -0.670. The van der Waals surface area contributed by atoms with Gasteiger partial charge in [-0.15, -0.1) is 16.9 Å². The van der Waals surface area contributed by atoms with Crippen LogP contribution in [-0.4, -0.2) is 37.7 Å². The van der Waals surface area contributed by atoms with E-state index in [1.165, 1.54) is 11.8 Å². The molecule has 3 N–H and O–H groups in total. The summed E-state index contributed by atoms with van der Waals surface area (Å²) < 4.78 is 1.58. The second kappa shape index (κ2) is 9.82. The number of para-hydroxylation sites is 2. The van der Waals surface area contributed by atoms with Gasteiger partial charge in [-0.25, -0.2) is 9.67 Å². The number of carbonyl (C=O) groups excluding carboxylic acids is 3. The van der Waals surface area contributed by atoms with Crippen LogP contribution in [0.3, 0.4) is 0 Å². The van der Waals surface area contributed by atoms with Gasteiger partial charge in [-0.05, 0) is 24.3 Å². The van der Waals surface area contributed by atoms with Crippen LogP contribution in [-0.2, 0) is 9.59 Å². The number of benzene rings is 3. The number of aromatic nitrogens is 3. The molecule has 0 saturated carbocycles. The molecule has 4 aromatic rings. The molecule has 0 unspecified atom stereocenters. The standard InChI is InChI=1S/C25H20N6O3S/c32-21(15-20-24(33)26-18-13-7-8-14-19(18)35-20)28-29-25(34)22-27-23(16-9-3-1-4-10-16)31(30-22)17-11-5-2-6-12-17/h1-14,20H,15H2,(H,26,33)(H,28,32)(H,29,34)/t20-/m1/s1. The highest BCUT2D eigenvalue weighted by Gasteiger charge is 2.29. The monoisotopic (exact) mass is 484 g/mol. The highest BCUT2D eigenvalue weighted by molar-refractivity contribution is 8.01. The molecule has 5 rings (SSSR count). The zero-order chi connectivity index (χ0) is 24.2. The quantitative estimate of drug-likeness (QED) is 0.375. The number of thioether (sulfide) groups is 1. The van der Waals surface area contributed by atoms with Gasteiger partial charge in [-0.1, -0.05) is 60.7 Å². The van der Waals surface area contributed by atoms with Crippen molar-refractivity contribution in [1.29, 1.82) is 0 Å². The lowest BCUT2D eigenvalue weighted by Gasteiger charge is -2.23. The second-order valence-electron chi connectivity index (χ2n) is 7.67. The maximum atomic E-state index is 12.7. The van der Waals surface area contributed by atoms with Gasteiger partial charge in [0.2, 0.25) is 17.6 Å². The molecule has 0 fully saturated rings. The molecule has 1 aliphatic heterocycles. The summed E-state index contributed by atoms with van der Waals surface area (Å²) in [6.45, 7) is 0. The summed E-state index contributed by atoms with van der Waals surface area (Å²) in [5.74, 6) is -1.05. The minimum absolute atomic E-state index is 0.105. The first-order valence-corrected chi connectivity index (χ1v) is 11.7. The molecule has 0 aliphatic carbocycles. The normalized spacial score (nSPS) is 14.5. The van der Waals surface area contributed by atoms with Crippen LogP contribution in [0.25, 0.3) is 17.1 Å². The predicted molar refractivity (Wildman–Crippen MR) is 132 cm³/mol. The van der Waals surface area contributed by atoms with E-state index in [1.807, 2.05) is 84.9 Å². The lowest BCUT2D eigenvalue weighted by molar-refractivity contribution is -0.124. The van der Waals surface area contributed by atoms with E-state index in [9.17, 15) is 14.4 Å². The molecule has 2 heterocycles. The number of hydrogen-bond acceptors (Lipinski definition) is 6. The Bertz CT molecular complexity index is 1330. The maximum Gasteiger partial charge on any atom is 0.309 e. The Morgan fingerprint density at radius 2 is 1.60 bits per heavy atom. The third kappa shape index (κ3) is 4.92. The molecule has 0 spiro atoms. The number of hydrogen-bond donors (Lipinski definition) is 3. The van der Waals surface area contributed by atoms with Crippen LogP contribution in [0.2, 0.25) is 0 Å². The van der Waals surface area contributed by atoms with Crippen molar-refractivity contribution in [2.75, 3.05) is 5.32 Å². The fourth-order valence-electron chi connectivity index (χ4n) is 3.56. The first-order chi connectivity index (χ1) is 17.1. The lowest BCUT2D eigenvalue weighted by Crippen LogP contribution is -2.44. The van der Waals surface area contributed by atoms with E-state index in [2.05, 4.69) is 26.3 Å². The topological polar surface area (TPSA) is 118 Å². The summed E-state index contributed by atoms with van der Waals surface area (Å²) >= 11 is 1.31. The van der Waals surface area contributed by atoms with Crippen molar-refractivity contribution in [3.05, 3.63) is 90.8 Å². The molecule has 3 amide bonds. The molecule has 0 radical (unpaired) electrons. The Balaban J connectivity index is 1.27. The Morgan fingerprint density at radius 1 is 0.914 bits per heavy atom. The van der Waals surface area contributed by atoms with Crippen LogP contribution >= 0.6 is 11.8 Å². The third-order valence-corrected chi connectivity index (χ3v) is 6.51. The van der Waals surface area contributed by atoms with Crippen LogP contribution in [0.5, 0.6) is 0 Å². The minimum Gasteiger partial charge on any atom is -0.324 e. The number of amides is 3. The van der Waals surface area contributed by atoms with Crippen LogP contribution in [0.4, 0.5) is 5.69 Å². The highest BCUT2D eigenvalue weighted by Crippen LogP contribution is 2.36. The third-order valence-electron chi connectivity index (χ3n) is 5.24. The fourth-order valence-corrected chi connectivity index (χ4v) is 4.67. The SMILES string of the molecule is O=C(C[C@H]1Sc2ccccc2NC1=O)NNC(=O)c1nc(-c2ccccc2)n(-c2ccccc2)n1. The molecule has 1 atom stereocenters. The number of nitrogens with one attached hydrogen (secondary N) is 3. The van der Waals surface area contributed by atoms with E-state index in [0.29, 0.717) is 5.82 Å². The Kier molecular flexibility index (Phi) is 6.27. The molecule has 1 aliphatic rings. The molecule has 0 saturated heterocycles. The molecule has 0 bridgehead atoms. The van der Waals surface area contributed by atoms with Gasteiger partial charge in [0.1, 0.15) is 0 Å². The van der Waals surface area contributed by atoms with Gasteiger partial charge in [0.05, 0.1) is 16.6 Å². The van der Waals surface area contributed by atoms with Crippen LogP contribution in [0.1, 0.15) is 17.0 Å². The van der Waals surface area contributed by atoms with E-state index in [0.717, 1.165) is 21.8 Å². The van der Waals surface area contributed by atoms with Crippen molar-refractivity contribution in [1.82, 2.24) is 25.6 Å². The van der Waals surface area contributed by atoms with Crippen molar-refractivity contribution < 1.29 is 14.4 Å². The number of rotatable bonds is 5. The number of anilines is 1. The molecule has 3 aromatic carbocycles. The van der Waals surface area contributed by atoms with Crippen LogP contribution in [0.15, 0.2) is 89.8 Å². The molecule has 1 aromatic heterocycles. The van der Waals surface area contributed by atoms with Gasteiger partial charge in [0, 0.05) is 16.9 Å². The van der Waals surface area contributed by atoms with Crippen molar-refractivity contribution in [2.45, 2.75) is 16.6 Å². The van der Waals surface area contributed by atoms with Crippen molar-refractivity contribution in [3.8, 4) is 17.1 Å². The summed E-state index contributed by atoms with van der Waals surface area (Å²) in [6.07, 6.45) is -0.105. The number of carbonyl (C=O) groups is 3. The summed E-state index contributed by atoms with van der Waals surface area (Å²) in [5.41, 5.74) is 6.96. The van der Waals surface area contributed by atoms with E-state index >= 15 is 0 Å². The second-order valence-corrected chi connectivity index (χ2v) is 8.92. The van der Waals surface area contributed by atoms with Crippen molar-refractivity contribution in [3.63, 3.8) is 0 Å². The Morgan fingerprint density at radius 3 is 2.37 bits per heavy atom. The summed E-state index contributed by atoms with van der Waals surface area (Å²) in [5, 5.41) is 6.55. The first-order valence-electron chi connectivity index (χ1n) is 10.8. The van der Waals surface area contributed by atoms with Crippen LogP contribution in [0, 0.1) is 0 Å². The fraction of sp³-hybridized carbons (Fsp3) is 0.0800. The summed E-state index contributed by atoms with van der Waals surface area (Å²) in [7, 11) is 0. The first kappa shape index (κ1) is 22.4. The zero-order valence-electron chi connectivity index (χ0n) is 18.3. The average Bonchev–Trinajstić information content (AvgIpc) is 3.34. The number of hydrazine groups is 1. The molecule has 35 heavy (non-hydrogen) atoms. The Hall–Kier alpha value is -4.44. The van der Waals surface area contributed by atoms with Crippen LogP contribution < -0.4 is 16.2 Å². The van der Waals surface area contributed by atoms with E-state index in [-0.39, 0.29) is 18.2 Å². The number of nitrogens with zero attached hydrogens (tertiary/aromatic N) is 3. The van der Waals surface area contributed by atoms with Gasteiger partial charge in [0.15, 0.2) is 5.82 Å².